The van der Waals surface area contributed by atoms with Crippen molar-refractivity contribution in [1.82, 2.24) is 10.2 Å². The average Bonchev–Trinajstić information content (AvgIpc) is 2.49. The van der Waals surface area contributed by atoms with Crippen LogP contribution in [-0.2, 0) is 11.3 Å². The Hall–Kier alpha value is -1.93. The smallest absolute Gasteiger partial charge is 0.237 e. The van der Waals surface area contributed by atoms with Gasteiger partial charge in [-0.05, 0) is 37.6 Å². The highest BCUT2D eigenvalue weighted by Gasteiger charge is 2.28. The van der Waals surface area contributed by atoms with Crippen LogP contribution in [-0.4, -0.2) is 30.4 Å². The van der Waals surface area contributed by atoms with Gasteiger partial charge in [0.25, 0.3) is 0 Å². The van der Waals surface area contributed by atoms with Gasteiger partial charge < -0.3 is 5.32 Å². The van der Waals surface area contributed by atoms with Crippen LogP contribution >= 0.6 is 0 Å². The predicted molar refractivity (Wildman–Crippen MR) is 73.2 cm³/mol. The molecule has 0 saturated carbocycles. The molecule has 1 unspecified atom stereocenters. The van der Waals surface area contributed by atoms with Gasteiger partial charge >= 0.3 is 0 Å². The van der Waals surface area contributed by atoms with Gasteiger partial charge in [-0.3, -0.25) is 9.69 Å². The largest absolute Gasteiger partial charge is 0.358 e. The van der Waals surface area contributed by atoms with E-state index in [1.165, 1.54) is 12.1 Å². The number of likely N-dealkylation sites (N-methyl/N-ethyl adjacent to an activating group) is 1. The first-order chi connectivity index (χ1) is 9.65. The van der Waals surface area contributed by atoms with Crippen LogP contribution in [0.3, 0.4) is 0 Å². The first-order valence-corrected chi connectivity index (χ1v) is 6.80. The number of hydrogen-bond donors (Lipinski definition) is 1. The summed E-state index contributed by atoms with van der Waals surface area (Å²) in [5.74, 6) is -0.355. The fourth-order valence-corrected chi connectivity index (χ4v) is 2.63. The van der Waals surface area contributed by atoms with E-state index in [2.05, 4.69) is 5.32 Å². The van der Waals surface area contributed by atoms with E-state index >= 15 is 0 Å². The molecular formula is C15H18FN3O. The molecule has 0 aromatic heterocycles. The molecule has 20 heavy (non-hydrogen) atoms. The molecular weight excluding hydrogens is 257 g/mol. The lowest BCUT2D eigenvalue weighted by molar-refractivity contribution is -0.127. The number of likely N-dealkylation sites (tertiary alicyclic amines) is 1. The summed E-state index contributed by atoms with van der Waals surface area (Å²) in [4.78, 5) is 13.9. The summed E-state index contributed by atoms with van der Waals surface area (Å²) in [5, 5.41) is 11.5. The number of amides is 1. The number of piperidine rings is 1. The highest BCUT2D eigenvalue weighted by molar-refractivity contribution is 5.81. The van der Waals surface area contributed by atoms with Crippen molar-refractivity contribution in [2.45, 2.75) is 31.8 Å². The van der Waals surface area contributed by atoms with Gasteiger partial charge in [-0.25, -0.2) is 4.39 Å². The average molecular weight is 275 g/mol. The van der Waals surface area contributed by atoms with Crippen LogP contribution in [0.5, 0.6) is 0 Å². The molecule has 1 atom stereocenters. The molecule has 1 aliphatic heterocycles. The quantitative estimate of drug-likeness (QED) is 0.915. The molecule has 0 aliphatic carbocycles. The second-order valence-corrected chi connectivity index (χ2v) is 5.01. The van der Waals surface area contributed by atoms with Crippen molar-refractivity contribution < 1.29 is 9.18 Å². The number of hydrogen-bond acceptors (Lipinski definition) is 3. The van der Waals surface area contributed by atoms with Crippen molar-refractivity contribution in [2.75, 3.05) is 13.6 Å². The molecule has 1 fully saturated rings. The number of rotatable bonds is 3. The minimum absolute atomic E-state index is 0.0263. The molecule has 5 heteroatoms. The van der Waals surface area contributed by atoms with Gasteiger partial charge in [-0.2, -0.15) is 5.26 Å². The number of carbonyl (C=O) groups is 1. The van der Waals surface area contributed by atoms with E-state index in [9.17, 15) is 9.18 Å². The normalized spacial score (nSPS) is 19.4. The number of nitrogens with zero attached hydrogens (tertiary/aromatic N) is 2. The summed E-state index contributed by atoms with van der Waals surface area (Å²) < 4.78 is 13.8. The molecule has 106 valence electrons. The third kappa shape index (κ3) is 3.14. The molecule has 1 heterocycles. The summed E-state index contributed by atoms with van der Waals surface area (Å²) in [6, 6.07) is 6.14. The Morgan fingerprint density at radius 1 is 1.55 bits per heavy atom. The zero-order valence-corrected chi connectivity index (χ0v) is 11.5. The van der Waals surface area contributed by atoms with Crippen LogP contribution in [0.4, 0.5) is 4.39 Å². The molecule has 1 amide bonds. The monoisotopic (exact) mass is 275 g/mol. The summed E-state index contributed by atoms with van der Waals surface area (Å²) in [6.07, 6.45) is 2.81. The SMILES string of the molecule is CNC(=O)C1CCCCN1Cc1cc(C#N)ccc1F. The highest BCUT2D eigenvalue weighted by Crippen LogP contribution is 2.21. The summed E-state index contributed by atoms with van der Waals surface area (Å²) in [6.45, 7) is 1.13. The van der Waals surface area contributed by atoms with Crippen molar-refractivity contribution in [1.29, 1.82) is 5.26 Å². The molecule has 1 N–H and O–H groups in total. The second-order valence-electron chi connectivity index (χ2n) is 5.01. The second kappa shape index (κ2) is 6.49. The van der Waals surface area contributed by atoms with Gasteiger partial charge in [-0.1, -0.05) is 6.42 Å². The maximum atomic E-state index is 13.8. The molecule has 1 saturated heterocycles. The van der Waals surface area contributed by atoms with Gasteiger partial charge in [0.1, 0.15) is 5.82 Å². The van der Waals surface area contributed by atoms with Crippen molar-refractivity contribution in [3.63, 3.8) is 0 Å². The summed E-state index contributed by atoms with van der Waals surface area (Å²) in [7, 11) is 1.62. The van der Waals surface area contributed by atoms with E-state index in [1.54, 1.807) is 13.1 Å². The number of carbonyl (C=O) groups excluding carboxylic acids is 1. The lowest BCUT2D eigenvalue weighted by Gasteiger charge is -2.34. The maximum Gasteiger partial charge on any atom is 0.237 e. The predicted octanol–water partition coefficient (Wildman–Crippen LogP) is 1.80. The van der Waals surface area contributed by atoms with Gasteiger partial charge in [0.2, 0.25) is 5.91 Å². The number of nitriles is 1. The molecule has 1 aromatic rings. The molecule has 1 aliphatic rings. The van der Waals surface area contributed by atoms with E-state index < -0.39 is 0 Å². The van der Waals surface area contributed by atoms with Crippen LogP contribution in [0.1, 0.15) is 30.4 Å². The Balaban J connectivity index is 2.18. The molecule has 0 spiro atoms. The minimum Gasteiger partial charge on any atom is -0.358 e. The third-order valence-electron chi connectivity index (χ3n) is 3.71. The number of halogens is 1. The highest BCUT2D eigenvalue weighted by atomic mass is 19.1. The van der Waals surface area contributed by atoms with Gasteiger partial charge in [0.05, 0.1) is 17.7 Å². The van der Waals surface area contributed by atoms with Crippen LogP contribution in [0.2, 0.25) is 0 Å². The van der Waals surface area contributed by atoms with E-state index in [-0.39, 0.29) is 17.8 Å². The van der Waals surface area contributed by atoms with Gasteiger partial charge in [0, 0.05) is 19.2 Å². The van der Waals surface area contributed by atoms with Gasteiger partial charge in [0.15, 0.2) is 0 Å². The Labute approximate surface area is 118 Å². The zero-order chi connectivity index (χ0) is 14.5. The zero-order valence-electron chi connectivity index (χ0n) is 11.5. The van der Waals surface area contributed by atoms with Crippen LogP contribution < -0.4 is 5.32 Å². The number of benzene rings is 1. The third-order valence-corrected chi connectivity index (χ3v) is 3.71. The van der Waals surface area contributed by atoms with E-state index in [0.29, 0.717) is 17.7 Å². The Bertz CT molecular complexity index is 538. The molecule has 1 aromatic carbocycles. The van der Waals surface area contributed by atoms with Crippen molar-refractivity contribution >= 4 is 5.91 Å². The Kier molecular flexibility index (Phi) is 4.70. The standard InChI is InChI=1S/C15H18FN3O/c1-18-15(20)14-4-2-3-7-19(14)10-12-8-11(9-17)5-6-13(12)16/h5-6,8,14H,2-4,7,10H2,1H3,(H,18,20). The Morgan fingerprint density at radius 3 is 3.05 bits per heavy atom. The topological polar surface area (TPSA) is 56.1 Å². The fraction of sp³-hybridized carbons (Fsp3) is 0.467. The first-order valence-electron chi connectivity index (χ1n) is 6.80. The Morgan fingerprint density at radius 2 is 2.35 bits per heavy atom. The van der Waals surface area contributed by atoms with Crippen molar-refractivity contribution in [2.24, 2.45) is 0 Å². The molecule has 0 radical (unpaired) electrons. The van der Waals surface area contributed by atoms with Crippen LogP contribution in [0.15, 0.2) is 18.2 Å². The summed E-state index contributed by atoms with van der Waals surface area (Å²) in [5.41, 5.74) is 0.912. The van der Waals surface area contributed by atoms with Crippen molar-refractivity contribution in [3.8, 4) is 6.07 Å². The van der Waals surface area contributed by atoms with E-state index in [0.717, 1.165) is 25.8 Å². The minimum atomic E-state index is -0.328. The van der Waals surface area contributed by atoms with E-state index in [4.69, 9.17) is 5.26 Å². The molecule has 0 bridgehead atoms. The fourth-order valence-electron chi connectivity index (χ4n) is 2.63. The lowest BCUT2D eigenvalue weighted by atomic mass is 10.00. The van der Waals surface area contributed by atoms with Crippen LogP contribution in [0, 0.1) is 17.1 Å². The lowest BCUT2D eigenvalue weighted by Crippen LogP contribution is -2.48. The molecule has 4 nitrogen and oxygen atoms in total. The van der Waals surface area contributed by atoms with Crippen LogP contribution in [0.25, 0.3) is 0 Å². The van der Waals surface area contributed by atoms with Gasteiger partial charge in [-0.15, -0.1) is 0 Å². The van der Waals surface area contributed by atoms with Crippen molar-refractivity contribution in [3.05, 3.63) is 35.1 Å². The summed E-state index contributed by atoms with van der Waals surface area (Å²) >= 11 is 0. The molecule has 2 rings (SSSR count). The number of nitrogens with one attached hydrogen (secondary N) is 1. The maximum absolute atomic E-state index is 13.8. The first kappa shape index (κ1) is 14.5. The van der Waals surface area contributed by atoms with E-state index in [1.807, 2.05) is 11.0 Å².